The van der Waals surface area contributed by atoms with E-state index in [1.54, 1.807) is 17.5 Å². The molecule has 1 aliphatic rings. The van der Waals surface area contributed by atoms with Gasteiger partial charge in [-0.2, -0.15) is 0 Å². The summed E-state index contributed by atoms with van der Waals surface area (Å²) in [4.78, 5) is 0. The molecule has 1 aromatic heterocycles. The van der Waals surface area contributed by atoms with Crippen LogP contribution in [0, 0.1) is 0 Å². The van der Waals surface area contributed by atoms with E-state index < -0.39 is 10.0 Å². The van der Waals surface area contributed by atoms with Gasteiger partial charge in [0, 0.05) is 12.6 Å². The summed E-state index contributed by atoms with van der Waals surface area (Å²) in [6.07, 6.45) is 0.640. The van der Waals surface area contributed by atoms with Crippen molar-refractivity contribution in [3.05, 3.63) is 47.3 Å². The molecular formula is C13H14N2O2S2. The first kappa shape index (κ1) is 12.7. The number of nitrogens with two attached hydrogens (primary N) is 1. The molecule has 0 saturated heterocycles. The zero-order valence-electron chi connectivity index (χ0n) is 10.2. The van der Waals surface area contributed by atoms with E-state index in [-0.39, 0.29) is 6.04 Å². The first-order chi connectivity index (χ1) is 9.10. The summed E-state index contributed by atoms with van der Waals surface area (Å²) in [5.74, 6) is 0. The van der Waals surface area contributed by atoms with E-state index in [1.165, 1.54) is 15.6 Å². The maximum atomic E-state index is 12.6. The number of hydrogen-bond acceptors (Lipinski definition) is 4. The van der Waals surface area contributed by atoms with E-state index in [2.05, 4.69) is 0 Å². The molecule has 0 amide bonds. The predicted octanol–water partition coefficient (Wildman–Crippen LogP) is 2.35. The van der Waals surface area contributed by atoms with Crippen LogP contribution in [-0.4, -0.2) is 15.0 Å². The van der Waals surface area contributed by atoms with Crippen molar-refractivity contribution < 1.29 is 8.42 Å². The van der Waals surface area contributed by atoms with Crippen LogP contribution in [0.2, 0.25) is 0 Å². The van der Waals surface area contributed by atoms with Crippen LogP contribution >= 0.6 is 11.3 Å². The number of nitrogens with zero attached hydrogens (tertiary/aromatic N) is 1. The van der Waals surface area contributed by atoms with Gasteiger partial charge in [0.1, 0.15) is 4.21 Å². The van der Waals surface area contributed by atoms with Gasteiger partial charge in [-0.15, -0.1) is 11.3 Å². The third-order valence-corrected chi connectivity index (χ3v) is 6.47. The van der Waals surface area contributed by atoms with Crippen molar-refractivity contribution in [1.29, 1.82) is 0 Å². The molecule has 0 radical (unpaired) electrons. The SMILES string of the molecule is NC1CCN(S(=O)(=O)c2cccs2)c2ccccc21. The molecule has 2 N–H and O–H groups in total. The minimum Gasteiger partial charge on any atom is -0.324 e. The topological polar surface area (TPSA) is 63.4 Å². The maximum Gasteiger partial charge on any atom is 0.273 e. The summed E-state index contributed by atoms with van der Waals surface area (Å²) < 4.78 is 27.1. The average Bonchev–Trinajstić information content (AvgIpc) is 2.94. The van der Waals surface area contributed by atoms with Crippen LogP contribution in [-0.2, 0) is 10.0 Å². The third kappa shape index (κ3) is 2.05. The summed E-state index contributed by atoms with van der Waals surface area (Å²) in [5, 5.41) is 1.77. The number of thiophene rings is 1. The Bertz CT molecular complexity index is 680. The van der Waals surface area contributed by atoms with Crippen molar-refractivity contribution in [2.24, 2.45) is 5.73 Å². The molecule has 1 unspecified atom stereocenters. The Kier molecular flexibility index (Phi) is 3.08. The van der Waals surface area contributed by atoms with Gasteiger partial charge in [-0.3, -0.25) is 4.31 Å². The molecule has 0 fully saturated rings. The fourth-order valence-corrected chi connectivity index (χ4v) is 4.94. The zero-order chi connectivity index (χ0) is 13.5. The van der Waals surface area contributed by atoms with Gasteiger partial charge >= 0.3 is 0 Å². The van der Waals surface area contributed by atoms with Crippen molar-refractivity contribution in [2.75, 3.05) is 10.8 Å². The molecule has 6 heteroatoms. The Morgan fingerprint density at radius 1 is 1.21 bits per heavy atom. The van der Waals surface area contributed by atoms with Gasteiger partial charge < -0.3 is 5.73 Å². The van der Waals surface area contributed by atoms with Crippen molar-refractivity contribution in [3.63, 3.8) is 0 Å². The second-order valence-corrected chi connectivity index (χ2v) is 7.50. The van der Waals surface area contributed by atoms with Gasteiger partial charge in [0.15, 0.2) is 0 Å². The lowest BCUT2D eigenvalue weighted by molar-refractivity contribution is 0.576. The molecule has 3 rings (SSSR count). The van der Waals surface area contributed by atoms with E-state index in [1.807, 2.05) is 24.3 Å². The first-order valence-corrected chi connectivity index (χ1v) is 8.33. The normalized spacial score (nSPS) is 19.2. The third-order valence-electron chi connectivity index (χ3n) is 3.29. The zero-order valence-corrected chi connectivity index (χ0v) is 11.8. The molecule has 4 nitrogen and oxygen atoms in total. The number of para-hydroxylation sites is 1. The summed E-state index contributed by atoms with van der Waals surface area (Å²) >= 11 is 1.24. The molecule has 2 aromatic rings. The molecule has 19 heavy (non-hydrogen) atoms. The highest BCUT2D eigenvalue weighted by atomic mass is 32.2. The van der Waals surface area contributed by atoms with E-state index >= 15 is 0 Å². The van der Waals surface area contributed by atoms with Gasteiger partial charge in [-0.05, 0) is 29.5 Å². The molecule has 0 aliphatic carbocycles. The summed E-state index contributed by atoms with van der Waals surface area (Å²) in [7, 11) is -3.46. The molecule has 0 spiro atoms. The van der Waals surface area contributed by atoms with E-state index in [4.69, 9.17) is 5.73 Å². The molecule has 1 aromatic carbocycles. The lowest BCUT2D eigenvalue weighted by Crippen LogP contribution is -2.37. The fraction of sp³-hybridized carbons (Fsp3) is 0.231. The van der Waals surface area contributed by atoms with Gasteiger partial charge in [0.25, 0.3) is 10.0 Å². The van der Waals surface area contributed by atoms with E-state index in [0.717, 1.165) is 5.56 Å². The summed E-state index contributed by atoms with van der Waals surface area (Å²) in [6.45, 7) is 0.429. The van der Waals surface area contributed by atoms with Crippen molar-refractivity contribution in [2.45, 2.75) is 16.7 Å². The Morgan fingerprint density at radius 2 is 2.00 bits per heavy atom. The molecule has 2 heterocycles. The van der Waals surface area contributed by atoms with E-state index in [0.29, 0.717) is 22.9 Å². The van der Waals surface area contributed by atoms with Crippen LogP contribution in [0.25, 0.3) is 0 Å². The molecule has 1 atom stereocenters. The average molecular weight is 294 g/mol. The van der Waals surface area contributed by atoms with Crippen LogP contribution in [0.3, 0.4) is 0 Å². The van der Waals surface area contributed by atoms with Crippen LogP contribution in [0.5, 0.6) is 0 Å². The fourth-order valence-electron chi connectivity index (χ4n) is 2.33. The Hall–Kier alpha value is -1.37. The molecule has 0 saturated carbocycles. The number of benzene rings is 1. The maximum absolute atomic E-state index is 12.6. The number of sulfonamides is 1. The Morgan fingerprint density at radius 3 is 2.74 bits per heavy atom. The minimum atomic E-state index is -3.46. The van der Waals surface area contributed by atoms with E-state index in [9.17, 15) is 8.42 Å². The van der Waals surface area contributed by atoms with Crippen LogP contribution in [0.4, 0.5) is 5.69 Å². The van der Waals surface area contributed by atoms with Crippen LogP contribution in [0.15, 0.2) is 46.0 Å². The molecule has 0 bridgehead atoms. The summed E-state index contributed by atoms with van der Waals surface area (Å²) in [6, 6.07) is 10.7. The van der Waals surface area contributed by atoms with Crippen molar-refractivity contribution in [1.82, 2.24) is 0 Å². The van der Waals surface area contributed by atoms with Crippen molar-refractivity contribution >= 4 is 27.0 Å². The Labute approximate surface area is 116 Å². The number of rotatable bonds is 2. The van der Waals surface area contributed by atoms with Crippen molar-refractivity contribution in [3.8, 4) is 0 Å². The second-order valence-electron chi connectivity index (χ2n) is 4.46. The van der Waals surface area contributed by atoms with Gasteiger partial charge in [-0.1, -0.05) is 24.3 Å². The van der Waals surface area contributed by atoms with Gasteiger partial charge in [-0.25, -0.2) is 8.42 Å². The first-order valence-electron chi connectivity index (χ1n) is 6.01. The molecule has 100 valence electrons. The number of fused-ring (bicyclic) bond motifs is 1. The Balaban J connectivity index is 2.11. The molecular weight excluding hydrogens is 280 g/mol. The number of hydrogen-bond donors (Lipinski definition) is 1. The summed E-state index contributed by atoms with van der Waals surface area (Å²) in [5.41, 5.74) is 7.65. The monoisotopic (exact) mass is 294 g/mol. The lowest BCUT2D eigenvalue weighted by atomic mass is 9.99. The van der Waals surface area contributed by atoms with Crippen LogP contribution in [0.1, 0.15) is 18.0 Å². The second kappa shape index (κ2) is 4.63. The quantitative estimate of drug-likeness (QED) is 0.924. The molecule has 1 aliphatic heterocycles. The highest BCUT2D eigenvalue weighted by Gasteiger charge is 2.32. The van der Waals surface area contributed by atoms with Crippen LogP contribution < -0.4 is 10.0 Å². The van der Waals surface area contributed by atoms with Gasteiger partial charge in [0.2, 0.25) is 0 Å². The largest absolute Gasteiger partial charge is 0.324 e. The smallest absolute Gasteiger partial charge is 0.273 e. The number of anilines is 1. The lowest BCUT2D eigenvalue weighted by Gasteiger charge is -2.33. The standard InChI is InChI=1S/C13H14N2O2S2/c14-11-7-8-15(12-5-2-1-4-10(11)12)19(16,17)13-6-3-9-18-13/h1-6,9,11H,7-8,14H2. The minimum absolute atomic E-state index is 0.0917. The highest BCUT2D eigenvalue weighted by Crippen LogP contribution is 2.36. The predicted molar refractivity (Wildman–Crippen MR) is 76.8 cm³/mol. The highest BCUT2D eigenvalue weighted by molar-refractivity contribution is 7.94. The van der Waals surface area contributed by atoms with Gasteiger partial charge in [0.05, 0.1) is 5.69 Å².